The molecule has 0 aliphatic heterocycles. The van der Waals surface area contributed by atoms with Crippen molar-refractivity contribution in [3.63, 3.8) is 0 Å². The number of hydrogen-bond donors (Lipinski definition) is 1. The van der Waals surface area contributed by atoms with Crippen LogP contribution in [-0.4, -0.2) is 4.98 Å². The predicted octanol–water partition coefficient (Wildman–Crippen LogP) is 4.57. The van der Waals surface area contributed by atoms with Gasteiger partial charge >= 0.3 is 0 Å². The first-order valence-corrected chi connectivity index (χ1v) is 6.65. The number of hydrogen-bond acceptors (Lipinski definition) is 2. The topological polar surface area (TPSA) is 24.9 Å². The molecule has 0 bridgehead atoms. The van der Waals surface area contributed by atoms with Crippen LogP contribution in [0.3, 0.4) is 0 Å². The molecule has 0 spiro atoms. The Hall–Kier alpha value is -2.61. The number of nitrogens with one attached hydrogen (secondary N) is 1. The minimum atomic E-state index is 0.0505. The second-order valence-corrected chi connectivity index (χ2v) is 4.68. The number of nitrogens with zero attached hydrogens (tertiary/aromatic N) is 1. The molecule has 0 radical (unpaired) electrons. The zero-order chi connectivity index (χ0) is 13.8. The van der Waals surface area contributed by atoms with Gasteiger partial charge in [-0.15, -0.1) is 6.58 Å². The molecule has 98 valence electrons. The summed E-state index contributed by atoms with van der Waals surface area (Å²) in [6, 6.07) is 20.7. The number of pyridine rings is 1. The van der Waals surface area contributed by atoms with E-state index in [1.807, 2.05) is 24.3 Å². The van der Waals surface area contributed by atoms with Crippen molar-refractivity contribution in [2.45, 2.75) is 6.04 Å². The fraction of sp³-hybridized carbons (Fsp3) is 0.0556. The van der Waals surface area contributed by atoms with E-state index in [0.29, 0.717) is 0 Å². The van der Waals surface area contributed by atoms with Crippen molar-refractivity contribution in [1.82, 2.24) is 4.98 Å². The molecule has 3 aromatic rings. The number of fused-ring (bicyclic) bond motifs is 1. The third-order valence-electron chi connectivity index (χ3n) is 3.34. The Morgan fingerprint density at radius 1 is 0.950 bits per heavy atom. The lowest BCUT2D eigenvalue weighted by Gasteiger charge is -2.16. The second-order valence-electron chi connectivity index (χ2n) is 4.68. The monoisotopic (exact) mass is 260 g/mol. The van der Waals surface area contributed by atoms with Crippen molar-refractivity contribution < 1.29 is 0 Å². The maximum Gasteiger partial charge on any atom is 0.126 e. The van der Waals surface area contributed by atoms with Crippen molar-refractivity contribution in [2.75, 3.05) is 5.32 Å². The van der Waals surface area contributed by atoms with Crippen molar-refractivity contribution in [3.8, 4) is 0 Å². The van der Waals surface area contributed by atoms with Crippen LogP contribution in [0.2, 0.25) is 0 Å². The molecule has 0 aliphatic rings. The van der Waals surface area contributed by atoms with Crippen molar-refractivity contribution in [1.29, 1.82) is 0 Å². The highest BCUT2D eigenvalue weighted by molar-refractivity contribution is 5.83. The Morgan fingerprint density at radius 3 is 2.50 bits per heavy atom. The van der Waals surface area contributed by atoms with Gasteiger partial charge in [0.25, 0.3) is 0 Å². The quantitative estimate of drug-likeness (QED) is 0.695. The number of aromatic nitrogens is 1. The molecule has 1 unspecified atom stereocenters. The highest BCUT2D eigenvalue weighted by Gasteiger charge is 2.08. The molecular formula is C18H16N2. The largest absolute Gasteiger partial charge is 0.360 e. The van der Waals surface area contributed by atoms with Crippen LogP contribution in [-0.2, 0) is 0 Å². The summed E-state index contributed by atoms with van der Waals surface area (Å²) in [5.74, 6) is 0.852. The van der Waals surface area contributed by atoms with Crippen LogP contribution in [0.1, 0.15) is 11.6 Å². The van der Waals surface area contributed by atoms with E-state index >= 15 is 0 Å². The van der Waals surface area contributed by atoms with Gasteiger partial charge in [0, 0.05) is 6.20 Å². The summed E-state index contributed by atoms with van der Waals surface area (Å²) < 4.78 is 0. The normalized spacial score (nSPS) is 12.0. The minimum Gasteiger partial charge on any atom is -0.360 e. The Kier molecular flexibility index (Phi) is 3.46. The first-order chi connectivity index (χ1) is 9.86. The average molecular weight is 260 g/mol. The zero-order valence-electron chi connectivity index (χ0n) is 11.2. The molecule has 0 aliphatic carbocycles. The van der Waals surface area contributed by atoms with Crippen LogP contribution in [0, 0.1) is 0 Å². The Bertz CT molecular complexity index is 720. The fourth-order valence-corrected chi connectivity index (χ4v) is 2.29. The third kappa shape index (κ3) is 2.54. The van der Waals surface area contributed by atoms with Crippen molar-refractivity contribution in [2.24, 2.45) is 0 Å². The summed E-state index contributed by atoms with van der Waals surface area (Å²) in [6.07, 6.45) is 3.68. The van der Waals surface area contributed by atoms with Crippen molar-refractivity contribution >= 4 is 16.6 Å². The molecule has 1 heterocycles. The van der Waals surface area contributed by atoms with Gasteiger partial charge in [-0.2, -0.15) is 0 Å². The van der Waals surface area contributed by atoms with E-state index in [1.54, 1.807) is 6.20 Å². The summed E-state index contributed by atoms with van der Waals surface area (Å²) in [6.45, 7) is 3.92. The van der Waals surface area contributed by atoms with E-state index in [1.165, 1.54) is 16.3 Å². The van der Waals surface area contributed by atoms with Gasteiger partial charge in [-0.25, -0.2) is 4.98 Å². The molecule has 0 fully saturated rings. The maximum absolute atomic E-state index is 4.30. The first kappa shape index (κ1) is 12.4. The lowest BCUT2D eigenvalue weighted by atomic mass is 10.0. The number of anilines is 1. The van der Waals surface area contributed by atoms with E-state index in [2.05, 4.69) is 59.3 Å². The second kappa shape index (κ2) is 5.57. The Balaban J connectivity index is 1.93. The maximum atomic E-state index is 4.30. The lowest BCUT2D eigenvalue weighted by molar-refractivity contribution is 0.974. The van der Waals surface area contributed by atoms with Gasteiger partial charge in [0.1, 0.15) is 5.82 Å². The van der Waals surface area contributed by atoms with Crippen LogP contribution in [0.25, 0.3) is 10.8 Å². The number of benzene rings is 2. The molecule has 20 heavy (non-hydrogen) atoms. The molecule has 0 amide bonds. The molecule has 1 N–H and O–H groups in total. The molecule has 1 atom stereocenters. The van der Waals surface area contributed by atoms with Gasteiger partial charge < -0.3 is 5.32 Å². The van der Waals surface area contributed by atoms with Crippen LogP contribution < -0.4 is 5.32 Å². The molecule has 2 heteroatoms. The predicted molar refractivity (Wildman–Crippen MR) is 84.7 cm³/mol. The summed E-state index contributed by atoms with van der Waals surface area (Å²) in [5.41, 5.74) is 1.18. The highest BCUT2D eigenvalue weighted by atomic mass is 15.0. The van der Waals surface area contributed by atoms with E-state index in [9.17, 15) is 0 Å². The van der Waals surface area contributed by atoms with Crippen LogP contribution in [0.15, 0.2) is 79.5 Å². The first-order valence-electron chi connectivity index (χ1n) is 6.65. The SMILES string of the molecule is C=CC(Nc1ccccn1)c1ccc2ccccc2c1. The zero-order valence-corrected chi connectivity index (χ0v) is 11.2. The number of rotatable bonds is 4. The van der Waals surface area contributed by atoms with E-state index in [-0.39, 0.29) is 6.04 Å². The van der Waals surface area contributed by atoms with Gasteiger partial charge in [0.05, 0.1) is 6.04 Å². The molecule has 2 aromatic carbocycles. The van der Waals surface area contributed by atoms with Gasteiger partial charge in [-0.3, -0.25) is 0 Å². The van der Waals surface area contributed by atoms with Crippen LogP contribution >= 0.6 is 0 Å². The van der Waals surface area contributed by atoms with Crippen LogP contribution in [0.4, 0.5) is 5.82 Å². The van der Waals surface area contributed by atoms with E-state index < -0.39 is 0 Å². The molecule has 0 saturated heterocycles. The fourth-order valence-electron chi connectivity index (χ4n) is 2.29. The minimum absolute atomic E-state index is 0.0505. The average Bonchev–Trinajstić information content (AvgIpc) is 2.53. The third-order valence-corrected chi connectivity index (χ3v) is 3.34. The summed E-state index contributed by atoms with van der Waals surface area (Å²) in [7, 11) is 0. The van der Waals surface area contributed by atoms with Crippen molar-refractivity contribution in [3.05, 3.63) is 85.1 Å². The van der Waals surface area contributed by atoms with E-state index in [0.717, 1.165) is 5.82 Å². The molecule has 0 saturated carbocycles. The summed E-state index contributed by atoms with van der Waals surface area (Å²) in [5, 5.41) is 5.86. The molecule has 3 rings (SSSR count). The Labute approximate surface area is 118 Å². The summed E-state index contributed by atoms with van der Waals surface area (Å²) in [4.78, 5) is 4.30. The standard InChI is InChI=1S/C18H16N2/c1-2-17(20-18-9-5-6-12-19-18)16-11-10-14-7-3-4-8-15(14)13-16/h2-13,17H,1H2,(H,19,20). The van der Waals surface area contributed by atoms with Gasteiger partial charge in [0.2, 0.25) is 0 Å². The van der Waals surface area contributed by atoms with Gasteiger partial charge in [0.15, 0.2) is 0 Å². The lowest BCUT2D eigenvalue weighted by Crippen LogP contribution is -2.08. The van der Waals surface area contributed by atoms with E-state index in [4.69, 9.17) is 0 Å². The molecule has 2 nitrogen and oxygen atoms in total. The van der Waals surface area contributed by atoms with Gasteiger partial charge in [-0.05, 0) is 34.5 Å². The van der Waals surface area contributed by atoms with Crippen LogP contribution in [0.5, 0.6) is 0 Å². The Morgan fingerprint density at radius 2 is 1.75 bits per heavy atom. The highest BCUT2D eigenvalue weighted by Crippen LogP contribution is 2.23. The van der Waals surface area contributed by atoms with Gasteiger partial charge in [-0.1, -0.05) is 48.5 Å². The molecular weight excluding hydrogens is 244 g/mol. The molecule has 1 aromatic heterocycles. The summed E-state index contributed by atoms with van der Waals surface area (Å²) >= 11 is 0. The smallest absolute Gasteiger partial charge is 0.126 e.